The molecule has 1 aromatic carbocycles. The number of hydrogen-bond donors (Lipinski definition) is 0. The van der Waals surface area contributed by atoms with Crippen molar-refractivity contribution in [3.8, 4) is 0 Å². The third-order valence-corrected chi connectivity index (χ3v) is 3.61. The second-order valence-electron chi connectivity index (χ2n) is 5.08. The van der Waals surface area contributed by atoms with E-state index in [1.807, 2.05) is 0 Å². The highest BCUT2D eigenvalue weighted by Gasteiger charge is 2.31. The molecule has 0 unspecified atom stereocenters. The Bertz CT molecular complexity index is 819. The first-order valence-corrected chi connectivity index (χ1v) is 6.83. The topological polar surface area (TPSA) is 44.4 Å². The van der Waals surface area contributed by atoms with E-state index in [2.05, 4.69) is 10.2 Å². The van der Waals surface area contributed by atoms with Crippen LogP contribution in [0.5, 0.6) is 0 Å². The molecule has 0 aliphatic rings. The molecular weight excluding hydrogens is 297 g/mol. The first-order chi connectivity index (χ1) is 10.4. The van der Waals surface area contributed by atoms with Gasteiger partial charge in [0, 0.05) is 20.3 Å². The lowest BCUT2D eigenvalue weighted by Crippen LogP contribution is -2.06. The average Bonchev–Trinajstić information content (AvgIpc) is 2.97. The van der Waals surface area contributed by atoms with Crippen molar-refractivity contribution < 1.29 is 17.9 Å². The van der Waals surface area contributed by atoms with E-state index < -0.39 is 11.7 Å². The van der Waals surface area contributed by atoms with E-state index in [4.69, 9.17) is 4.74 Å². The molecule has 0 spiro atoms. The number of rotatable bonds is 4. The zero-order chi connectivity index (χ0) is 15.9. The lowest BCUT2D eigenvalue weighted by atomic mass is 10.2. The van der Waals surface area contributed by atoms with Gasteiger partial charge in [0.25, 0.3) is 0 Å². The van der Waals surface area contributed by atoms with Crippen molar-refractivity contribution in [1.29, 1.82) is 0 Å². The van der Waals surface area contributed by atoms with Gasteiger partial charge in [0.05, 0.1) is 16.6 Å². The molecule has 3 aromatic rings. The Balaban J connectivity index is 2.22. The molecule has 3 rings (SSSR count). The summed E-state index contributed by atoms with van der Waals surface area (Å²) in [7, 11) is 1.59. The number of aryl methyl sites for hydroxylation is 2. The van der Waals surface area contributed by atoms with Crippen LogP contribution in [0.25, 0.3) is 16.8 Å². The van der Waals surface area contributed by atoms with E-state index in [0.29, 0.717) is 42.2 Å². The lowest BCUT2D eigenvalue weighted by Gasteiger charge is -2.08. The summed E-state index contributed by atoms with van der Waals surface area (Å²) in [6.45, 7) is 2.81. The molecule has 0 amide bonds. The number of ether oxygens (including phenoxy) is 1. The minimum absolute atomic E-state index is 0.499. The predicted molar refractivity (Wildman–Crippen MR) is 74.7 cm³/mol. The molecule has 0 atom stereocenters. The molecule has 0 aliphatic carbocycles. The molecule has 8 heteroatoms. The van der Waals surface area contributed by atoms with Gasteiger partial charge in [0.2, 0.25) is 5.78 Å². The second kappa shape index (κ2) is 5.28. The summed E-state index contributed by atoms with van der Waals surface area (Å²) in [6, 6.07) is 3.71. The molecule has 0 saturated carbocycles. The van der Waals surface area contributed by atoms with E-state index >= 15 is 0 Å². The van der Waals surface area contributed by atoms with Crippen molar-refractivity contribution in [3.63, 3.8) is 0 Å². The Morgan fingerprint density at radius 2 is 1.95 bits per heavy atom. The molecule has 5 nitrogen and oxygen atoms in total. The fourth-order valence-electron chi connectivity index (χ4n) is 2.61. The van der Waals surface area contributed by atoms with Crippen LogP contribution in [0.1, 0.15) is 17.8 Å². The standard InChI is InChI=1S/C14H15F3N4O/c1-9-18-19-13-20(6-3-7-22-2)12-8-10(14(15,16)17)4-5-11(12)21(9)13/h4-5,8H,3,6-7H2,1-2H3. The fraction of sp³-hybridized carbons (Fsp3) is 0.429. The summed E-state index contributed by atoms with van der Waals surface area (Å²) in [6.07, 6.45) is -3.69. The van der Waals surface area contributed by atoms with E-state index in [9.17, 15) is 13.2 Å². The molecule has 0 fully saturated rings. The molecule has 0 aliphatic heterocycles. The fourth-order valence-corrected chi connectivity index (χ4v) is 2.61. The quantitative estimate of drug-likeness (QED) is 0.696. The van der Waals surface area contributed by atoms with E-state index in [0.717, 1.165) is 12.1 Å². The van der Waals surface area contributed by atoms with E-state index in [-0.39, 0.29) is 0 Å². The van der Waals surface area contributed by atoms with Crippen LogP contribution in [0.4, 0.5) is 13.2 Å². The van der Waals surface area contributed by atoms with Gasteiger partial charge >= 0.3 is 6.18 Å². The van der Waals surface area contributed by atoms with Gasteiger partial charge < -0.3 is 9.30 Å². The van der Waals surface area contributed by atoms with Crippen molar-refractivity contribution in [3.05, 3.63) is 29.6 Å². The minimum atomic E-state index is -4.37. The lowest BCUT2D eigenvalue weighted by molar-refractivity contribution is -0.137. The van der Waals surface area contributed by atoms with Crippen LogP contribution in [0.2, 0.25) is 0 Å². The van der Waals surface area contributed by atoms with Gasteiger partial charge in [-0.2, -0.15) is 13.2 Å². The van der Waals surface area contributed by atoms with E-state index in [1.165, 1.54) is 6.07 Å². The largest absolute Gasteiger partial charge is 0.416 e. The van der Waals surface area contributed by atoms with Gasteiger partial charge in [-0.1, -0.05) is 0 Å². The Hall–Kier alpha value is -2.09. The summed E-state index contributed by atoms with van der Waals surface area (Å²) in [5, 5.41) is 8.08. The molecule has 2 heterocycles. The zero-order valence-corrected chi connectivity index (χ0v) is 12.2. The number of fused-ring (bicyclic) bond motifs is 3. The normalized spacial score (nSPS) is 12.6. The number of aromatic nitrogens is 4. The SMILES string of the molecule is COCCCn1c2cc(C(F)(F)F)ccc2n2c(C)nnc12. The minimum Gasteiger partial charge on any atom is -0.385 e. The number of benzene rings is 1. The third kappa shape index (κ3) is 2.33. The van der Waals surface area contributed by atoms with Crippen molar-refractivity contribution in [1.82, 2.24) is 19.2 Å². The Kier molecular flexibility index (Phi) is 3.56. The molecular formula is C14H15F3N4O. The number of nitrogens with zero attached hydrogens (tertiary/aromatic N) is 4. The predicted octanol–water partition coefficient (Wildman–Crippen LogP) is 3.05. The number of imidazole rings is 1. The summed E-state index contributed by atoms with van der Waals surface area (Å²) in [4.78, 5) is 0. The number of alkyl halides is 3. The number of halogens is 3. The number of methoxy groups -OCH3 is 1. The van der Waals surface area contributed by atoms with Crippen LogP contribution in [-0.4, -0.2) is 32.9 Å². The molecule has 0 N–H and O–H groups in total. The summed E-state index contributed by atoms with van der Waals surface area (Å²) in [5.41, 5.74) is 0.501. The van der Waals surface area contributed by atoms with Crippen LogP contribution in [0.15, 0.2) is 18.2 Å². The van der Waals surface area contributed by atoms with Crippen molar-refractivity contribution in [2.75, 3.05) is 13.7 Å². The summed E-state index contributed by atoms with van der Waals surface area (Å²) in [5.74, 6) is 1.19. The Morgan fingerprint density at radius 3 is 2.64 bits per heavy atom. The maximum absolute atomic E-state index is 13.0. The Morgan fingerprint density at radius 1 is 1.18 bits per heavy atom. The van der Waals surface area contributed by atoms with Gasteiger partial charge in [0.15, 0.2) is 0 Å². The van der Waals surface area contributed by atoms with Gasteiger partial charge in [-0.05, 0) is 31.5 Å². The maximum atomic E-state index is 13.0. The maximum Gasteiger partial charge on any atom is 0.416 e. The molecule has 0 bridgehead atoms. The summed E-state index contributed by atoms with van der Waals surface area (Å²) < 4.78 is 47.4. The van der Waals surface area contributed by atoms with Crippen molar-refractivity contribution in [2.45, 2.75) is 26.1 Å². The van der Waals surface area contributed by atoms with Crippen LogP contribution in [0.3, 0.4) is 0 Å². The monoisotopic (exact) mass is 312 g/mol. The van der Waals surface area contributed by atoms with E-state index in [1.54, 1.807) is 23.0 Å². The zero-order valence-electron chi connectivity index (χ0n) is 12.2. The smallest absolute Gasteiger partial charge is 0.385 e. The average molecular weight is 312 g/mol. The summed E-state index contributed by atoms with van der Waals surface area (Å²) >= 11 is 0. The van der Waals surface area contributed by atoms with Crippen LogP contribution < -0.4 is 0 Å². The second-order valence-corrected chi connectivity index (χ2v) is 5.08. The highest BCUT2D eigenvalue weighted by atomic mass is 19.4. The first-order valence-electron chi connectivity index (χ1n) is 6.83. The van der Waals surface area contributed by atoms with Crippen LogP contribution in [0, 0.1) is 6.92 Å². The van der Waals surface area contributed by atoms with Gasteiger partial charge in [-0.15, -0.1) is 10.2 Å². The van der Waals surface area contributed by atoms with Gasteiger partial charge in [0.1, 0.15) is 5.82 Å². The van der Waals surface area contributed by atoms with Crippen LogP contribution >= 0.6 is 0 Å². The van der Waals surface area contributed by atoms with Crippen molar-refractivity contribution in [2.24, 2.45) is 0 Å². The molecule has 2 aromatic heterocycles. The first kappa shape index (κ1) is 14.8. The Labute approximate surface area is 124 Å². The highest BCUT2D eigenvalue weighted by Crippen LogP contribution is 2.32. The molecule has 22 heavy (non-hydrogen) atoms. The molecule has 0 radical (unpaired) electrons. The van der Waals surface area contributed by atoms with Gasteiger partial charge in [-0.25, -0.2) is 0 Å². The van der Waals surface area contributed by atoms with Crippen LogP contribution in [-0.2, 0) is 17.5 Å². The number of hydrogen-bond acceptors (Lipinski definition) is 3. The highest BCUT2D eigenvalue weighted by molar-refractivity contribution is 5.81. The molecule has 118 valence electrons. The molecule has 0 saturated heterocycles. The van der Waals surface area contributed by atoms with Gasteiger partial charge in [-0.3, -0.25) is 4.40 Å². The van der Waals surface area contributed by atoms with Crippen molar-refractivity contribution >= 4 is 16.8 Å². The third-order valence-electron chi connectivity index (χ3n) is 3.61.